The van der Waals surface area contributed by atoms with E-state index in [4.69, 9.17) is 5.73 Å². The monoisotopic (exact) mass is 245 g/mol. The number of hydrogen-bond acceptors (Lipinski definition) is 3. The second-order valence-corrected chi connectivity index (χ2v) is 5.63. The highest BCUT2D eigenvalue weighted by Crippen LogP contribution is 2.28. The molecule has 98 valence electrons. The number of anilines is 1. The molecule has 0 aromatic heterocycles. The van der Waals surface area contributed by atoms with Gasteiger partial charge in [0.1, 0.15) is 0 Å². The van der Waals surface area contributed by atoms with Crippen molar-refractivity contribution in [3.8, 4) is 0 Å². The summed E-state index contributed by atoms with van der Waals surface area (Å²) >= 11 is 0. The van der Waals surface area contributed by atoms with Crippen molar-refractivity contribution in [2.24, 2.45) is 5.73 Å². The van der Waals surface area contributed by atoms with Crippen LogP contribution in [-0.2, 0) is 0 Å². The zero-order valence-electron chi connectivity index (χ0n) is 11.2. The molecule has 1 saturated carbocycles. The first-order valence-corrected chi connectivity index (χ1v) is 7.08. The van der Waals surface area contributed by atoms with Crippen LogP contribution < -0.4 is 10.6 Å². The third kappa shape index (κ3) is 2.52. The number of benzene rings is 1. The van der Waals surface area contributed by atoms with Crippen LogP contribution in [0.1, 0.15) is 31.4 Å². The fraction of sp³-hybridized carbons (Fsp3) is 0.600. The molecule has 1 atom stereocenters. The molecule has 0 spiro atoms. The van der Waals surface area contributed by atoms with Crippen molar-refractivity contribution in [2.45, 2.75) is 31.8 Å². The SMILES string of the molecule is C[C@H](N)c1ccc(N2CCN(C3CC3)CC2)cc1. The summed E-state index contributed by atoms with van der Waals surface area (Å²) in [6.45, 7) is 6.80. The first-order chi connectivity index (χ1) is 8.74. The Morgan fingerprint density at radius 2 is 1.67 bits per heavy atom. The number of piperazine rings is 1. The molecule has 1 aromatic carbocycles. The van der Waals surface area contributed by atoms with Crippen LogP contribution >= 0.6 is 0 Å². The molecule has 1 aliphatic heterocycles. The third-order valence-corrected chi connectivity index (χ3v) is 4.16. The molecule has 3 nitrogen and oxygen atoms in total. The average Bonchev–Trinajstić information content (AvgIpc) is 3.23. The van der Waals surface area contributed by atoms with Gasteiger partial charge in [-0.2, -0.15) is 0 Å². The highest BCUT2D eigenvalue weighted by molar-refractivity contribution is 5.48. The summed E-state index contributed by atoms with van der Waals surface area (Å²) in [6, 6.07) is 9.79. The van der Waals surface area contributed by atoms with Crippen molar-refractivity contribution >= 4 is 5.69 Å². The van der Waals surface area contributed by atoms with Gasteiger partial charge in [-0.1, -0.05) is 12.1 Å². The molecule has 2 aliphatic rings. The normalized spacial score (nSPS) is 23.1. The molecule has 18 heavy (non-hydrogen) atoms. The van der Waals surface area contributed by atoms with Gasteiger partial charge in [0.2, 0.25) is 0 Å². The van der Waals surface area contributed by atoms with E-state index in [1.807, 2.05) is 6.92 Å². The van der Waals surface area contributed by atoms with Crippen LogP contribution in [0, 0.1) is 0 Å². The molecular weight excluding hydrogens is 222 g/mol. The van der Waals surface area contributed by atoms with E-state index in [1.165, 1.54) is 37.2 Å². The summed E-state index contributed by atoms with van der Waals surface area (Å²) in [4.78, 5) is 5.14. The molecule has 1 aliphatic carbocycles. The molecular formula is C15H23N3. The highest BCUT2D eigenvalue weighted by Gasteiger charge is 2.31. The van der Waals surface area contributed by atoms with E-state index in [9.17, 15) is 0 Å². The van der Waals surface area contributed by atoms with E-state index < -0.39 is 0 Å². The minimum atomic E-state index is 0.130. The molecule has 0 radical (unpaired) electrons. The topological polar surface area (TPSA) is 32.5 Å². The molecule has 3 heteroatoms. The molecule has 2 N–H and O–H groups in total. The molecule has 1 aromatic rings. The van der Waals surface area contributed by atoms with Crippen LogP contribution in [-0.4, -0.2) is 37.1 Å². The molecule has 0 unspecified atom stereocenters. The standard InChI is InChI=1S/C15H23N3/c1-12(16)13-2-4-14(5-3-13)17-8-10-18(11-9-17)15-6-7-15/h2-5,12,15H,6-11,16H2,1H3/t12-/m0/s1. The second kappa shape index (κ2) is 4.90. The van der Waals surface area contributed by atoms with Gasteiger partial charge in [-0.25, -0.2) is 0 Å². The first-order valence-electron chi connectivity index (χ1n) is 7.08. The van der Waals surface area contributed by atoms with Gasteiger partial charge in [0.05, 0.1) is 0 Å². The van der Waals surface area contributed by atoms with Gasteiger partial charge >= 0.3 is 0 Å². The minimum Gasteiger partial charge on any atom is -0.369 e. The van der Waals surface area contributed by atoms with E-state index in [2.05, 4.69) is 34.1 Å². The first kappa shape index (κ1) is 12.0. The fourth-order valence-electron chi connectivity index (χ4n) is 2.77. The van der Waals surface area contributed by atoms with Crippen LogP contribution in [0.4, 0.5) is 5.69 Å². The Labute approximate surface area is 110 Å². The summed E-state index contributed by atoms with van der Waals surface area (Å²) in [5, 5.41) is 0. The summed E-state index contributed by atoms with van der Waals surface area (Å²) in [7, 11) is 0. The van der Waals surface area contributed by atoms with Gasteiger partial charge in [-0.05, 0) is 37.5 Å². The van der Waals surface area contributed by atoms with Crippen molar-refractivity contribution in [1.82, 2.24) is 4.90 Å². The van der Waals surface area contributed by atoms with Crippen molar-refractivity contribution in [2.75, 3.05) is 31.1 Å². The lowest BCUT2D eigenvalue weighted by atomic mass is 10.1. The molecule has 0 amide bonds. The largest absolute Gasteiger partial charge is 0.369 e. The predicted octanol–water partition coefficient (Wildman–Crippen LogP) is 1.99. The van der Waals surface area contributed by atoms with Crippen LogP contribution in [0.3, 0.4) is 0 Å². The summed E-state index contributed by atoms with van der Waals surface area (Å²) in [5.41, 5.74) is 8.44. The van der Waals surface area contributed by atoms with Crippen molar-refractivity contribution in [3.05, 3.63) is 29.8 Å². The number of nitrogens with two attached hydrogens (primary N) is 1. The molecule has 3 rings (SSSR count). The van der Waals surface area contributed by atoms with E-state index in [-0.39, 0.29) is 6.04 Å². The molecule has 1 saturated heterocycles. The Morgan fingerprint density at radius 1 is 1.06 bits per heavy atom. The van der Waals surface area contributed by atoms with Crippen LogP contribution in [0.25, 0.3) is 0 Å². The van der Waals surface area contributed by atoms with Crippen LogP contribution in [0.5, 0.6) is 0 Å². The summed E-state index contributed by atoms with van der Waals surface area (Å²) < 4.78 is 0. The van der Waals surface area contributed by atoms with Gasteiger partial charge in [-0.15, -0.1) is 0 Å². The van der Waals surface area contributed by atoms with Gasteiger partial charge in [0, 0.05) is 44.0 Å². The van der Waals surface area contributed by atoms with Crippen molar-refractivity contribution in [3.63, 3.8) is 0 Å². The van der Waals surface area contributed by atoms with E-state index in [0.29, 0.717) is 0 Å². The average molecular weight is 245 g/mol. The van der Waals surface area contributed by atoms with E-state index in [1.54, 1.807) is 0 Å². The highest BCUT2D eigenvalue weighted by atomic mass is 15.3. The third-order valence-electron chi connectivity index (χ3n) is 4.16. The number of hydrogen-bond donors (Lipinski definition) is 1. The Hall–Kier alpha value is -1.06. The number of rotatable bonds is 3. The quantitative estimate of drug-likeness (QED) is 0.884. The second-order valence-electron chi connectivity index (χ2n) is 5.63. The Balaban J connectivity index is 1.61. The maximum Gasteiger partial charge on any atom is 0.0367 e. The predicted molar refractivity (Wildman–Crippen MR) is 75.9 cm³/mol. The molecule has 2 fully saturated rings. The Kier molecular flexibility index (Phi) is 3.27. The van der Waals surface area contributed by atoms with Gasteiger partial charge in [-0.3, -0.25) is 4.90 Å². The Bertz CT molecular complexity index is 387. The number of nitrogens with zero attached hydrogens (tertiary/aromatic N) is 2. The Morgan fingerprint density at radius 3 is 2.17 bits per heavy atom. The summed E-state index contributed by atoms with van der Waals surface area (Å²) in [5.74, 6) is 0. The van der Waals surface area contributed by atoms with Crippen molar-refractivity contribution in [1.29, 1.82) is 0 Å². The zero-order chi connectivity index (χ0) is 12.5. The van der Waals surface area contributed by atoms with Gasteiger partial charge in [0.25, 0.3) is 0 Å². The molecule has 1 heterocycles. The van der Waals surface area contributed by atoms with Crippen LogP contribution in [0.2, 0.25) is 0 Å². The lowest BCUT2D eigenvalue weighted by Crippen LogP contribution is -2.47. The lowest BCUT2D eigenvalue weighted by Gasteiger charge is -2.36. The lowest BCUT2D eigenvalue weighted by molar-refractivity contribution is 0.248. The van der Waals surface area contributed by atoms with Gasteiger partial charge in [0.15, 0.2) is 0 Å². The van der Waals surface area contributed by atoms with Gasteiger partial charge < -0.3 is 10.6 Å². The molecule has 0 bridgehead atoms. The smallest absolute Gasteiger partial charge is 0.0367 e. The van der Waals surface area contributed by atoms with Crippen LogP contribution in [0.15, 0.2) is 24.3 Å². The summed E-state index contributed by atoms with van der Waals surface area (Å²) in [6.07, 6.45) is 2.84. The zero-order valence-corrected chi connectivity index (χ0v) is 11.2. The van der Waals surface area contributed by atoms with E-state index in [0.717, 1.165) is 19.1 Å². The minimum absolute atomic E-state index is 0.130. The fourth-order valence-corrected chi connectivity index (χ4v) is 2.77. The maximum atomic E-state index is 5.88. The maximum absolute atomic E-state index is 5.88. The van der Waals surface area contributed by atoms with E-state index >= 15 is 0 Å². The van der Waals surface area contributed by atoms with Crippen molar-refractivity contribution < 1.29 is 0 Å².